The van der Waals surface area contributed by atoms with Gasteiger partial charge < -0.3 is 31.9 Å². The van der Waals surface area contributed by atoms with Crippen LogP contribution in [0.2, 0.25) is 0 Å². The number of carbonyl (C=O) groups excluding carboxylic acids is 3. The third-order valence-corrected chi connectivity index (χ3v) is 3.66. The summed E-state index contributed by atoms with van der Waals surface area (Å²) in [5, 5.41) is 20.7. The molecule has 3 atom stereocenters. The third kappa shape index (κ3) is 5.18. The van der Waals surface area contributed by atoms with Gasteiger partial charge in [-0.15, -0.1) is 0 Å². The number of aliphatic hydroxyl groups excluding tert-OH is 1. The first-order valence-corrected chi connectivity index (χ1v) is 7.26. The van der Waals surface area contributed by atoms with Crippen LogP contribution in [0.3, 0.4) is 0 Å². The fourth-order valence-corrected chi connectivity index (χ4v) is 2.38. The van der Waals surface area contributed by atoms with E-state index in [1.807, 2.05) is 0 Å². The topological polar surface area (TPSA) is 176 Å². The molecule has 0 aromatic carbocycles. The normalized spacial score (nSPS) is 19.9. The molecule has 23 heavy (non-hydrogen) atoms. The molecule has 0 aromatic heterocycles. The first-order chi connectivity index (χ1) is 10.8. The average molecular weight is 330 g/mol. The van der Waals surface area contributed by atoms with Crippen molar-refractivity contribution in [1.29, 1.82) is 0 Å². The molecule has 0 saturated carbocycles. The van der Waals surface area contributed by atoms with Crippen molar-refractivity contribution in [1.82, 2.24) is 10.2 Å². The Balaban J connectivity index is 2.65. The van der Waals surface area contributed by atoms with E-state index in [0.717, 1.165) is 4.90 Å². The summed E-state index contributed by atoms with van der Waals surface area (Å²) in [7, 11) is 0. The van der Waals surface area contributed by atoms with Crippen LogP contribution < -0.4 is 16.8 Å². The number of rotatable bonds is 8. The largest absolute Gasteiger partial charge is 0.480 e. The Bertz CT molecular complexity index is 483. The molecule has 10 nitrogen and oxygen atoms in total. The van der Waals surface area contributed by atoms with Gasteiger partial charge >= 0.3 is 5.97 Å². The van der Waals surface area contributed by atoms with E-state index in [9.17, 15) is 24.3 Å². The van der Waals surface area contributed by atoms with Crippen molar-refractivity contribution in [3.05, 3.63) is 0 Å². The number of carbonyl (C=O) groups is 4. The fraction of sp³-hybridized carbons (Fsp3) is 0.692. The molecule has 1 aliphatic heterocycles. The predicted molar refractivity (Wildman–Crippen MR) is 77.8 cm³/mol. The maximum absolute atomic E-state index is 12.3. The number of hydrogen-bond acceptors (Lipinski definition) is 6. The van der Waals surface area contributed by atoms with Crippen molar-refractivity contribution in [2.45, 2.75) is 43.8 Å². The number of carboxylic acid groups (broad SMARTS) is 1. The van der Waals surface area contributed by atoms with Crippen LogP contribution in [0.1, 0.15) is 25.7 Å². The fourth-order valence-electron chi connectivity index (χ4n) is 2.38. The summed E-state index contributed by atoms with van der Waals surface area (Å²) in [4.78, 5) is 47.0. The van der Waals surface area contributed by atoms with Crippen LogP contribution in [0.15, 0.2) is 0 Å². The molecule has 0 aliphatic carbocycles. The first-order valence-electron chi connectivity index (χ1n) is 7.26. The van der Waals surface area contributed by atoms with E-state index in [1.165, 1.54) is 0 Å². The molecule has 1 heterocycles. The van der Waals surface area contributed by atoms with Gasteiger partial charge in [-0.25, -0.2) is 4.79 Å². The van der Waals surface area contributed by atoms with Gasteiger partial charge in [0.05, 0.1) is 12.6 Å². The quantitative estimate of drug-likeness (QED) is 0.317. The molecular formula is C13H22N4O6. The molecule has 3 amide bonds. The second kappa shape index (κ2) is 8.44. The standard InChI is InChI=1S/C13H22N4O6/c14-7(3-4-10(15)19)11(20)16-8(6-18)12(21)17-5-1-2-9(17)13(22)23/h7-9,18H,1-6,14H2,(H2,15,19)(H,16,20)(H,22,23)/t7-,8-,9+/m0/s1. The Morgan fingerprint density at radius 2 is 1.96 bits per heavy atom. The summed E-state index contributed by atoms with van der Waals surface area (Å²) in [5.74, 6) is -3.13. The van der Waals surface area contributed by atoms with Crippen LogP contribution in [0, 0.1) is 0 Å². The Morgan fingerprint density at radius 1 is 1.30 bits per heavy atom. The van der Waals surface area contributed by atoms with Crippen molar-refractivity contribution in [3.8, 4) is 0 Å². The van der Waals surface area contributed by atoms with Gasteiger partial charge in [-0.1, -0.05) is 0 Å². The second-order valence-electron chi connectivity index (χ2n) is 5.38. The van der Waals surface area contributed by atoms with Crippen LogP contribution in [0.5, 0.6) is 0 Å². The Labute approximate surface area is 132 Å². The van der Waals surface area contributed by atoms with Crippen LogP contribution in [-0.2, 0) is 19.2 Å². The smallest absolute Gasteiger partial charge is 0.326 e. The molecular weight excluding hydrogens is 308 g/mol. The number of nitrogens with one attached hydrogen (secondary N) is 1. The molecule has 1 rings (SSSR count). The number of primary amides is 1. The molecule has 130 valence electrons. The summed E-state index contributed by atoms with van der Waals surface area (Å²) < 4.78 is 0. The molecule has 0 spiro atoms. The lowest BCUT2D eigenvalue weighted by atomic mass is 10.1. The summed E-state index contributed by atoms with van der Waals surface area (Å²) in [5.41, 5.74) is 10.5. The minimum atomic E-state index is -1.28. The number of aliphatic hydroxyl groups is 1. The number of carboxylic acids is 1. The van der Waals surface area contributed by atoms with Crippen LogP contribution in [0.25, 0.3) is 0 Å². The average Bonchev–Trinajstić information content (AvgIpc) is 2.98. The number of nitrogens with two attached hydrogens (primary N) is 2. The Hall–Kier alpha value is -2.20. The number of aliphatic carboxylic acids is 1. The highest BCUT2D eigenvalue weighted by atomic mass is 16.4. The van der Waals surface area contributed by atoms with Gasteiger partial charge in [-0.05, 0) is 19.3 Å². The molecule has 10 heteroatoms. The lowest BCUT2D eigenvalue weighted by Crippen LogP contribution is -2.55. The number of nitrogens with zero attached hydrogens (tertiary/aromatic N) is 1. The van der Waals surface area contributed by atoms with Crippen molar-refractivity contribution in [3.63, 3.8) is 0 Å². The lowest BCUT2D eigenvalue weighted by Gasteiger charge is -2.27. The highest BCUT2D eigenvalue weighted by molar-refractivity contribution is 5.92. The van der Waals surface area contributed by atoms with Gasteiger partial charge in [-0.3, -0.25) is 14.4 Å². The van der Waals surface area contributed by atoms with E-state index in [2.05, 4.69) is 5.32 Å². The van der Waals surface area contributed by atoms with E-state index < -0.39 is 48.4 Å². The van der Waals surface area contributed by atoms with Crippen LogP contribution in [0.4, 0.5) is 0 Å². The molecule has 0 bridgehead atoms. The number of amides is 3. The highest BCUT2D eigenvalue weighted by Gasteiger charge is 2.37. The van der Waals surface area contributed by atoms with Gasteiger partial charge in [0.1, 0.15) is 12.1 Å². The monoisotopic (exact) mass is 330 g/mol. The summed E-state index contributed by atoms with van der Waals surface area (Å²) in [6.07, 6.45) is 0.784. The van der Waals surface area contributed by atoms with E-state index in [1.54, 1.807) is 0 Å². The zero-order valence-electron chi connectivity index (χ0n) is 12.6. The maximum atomic E-state index is 12.3. The van der Waals surface area contributed by atoms with Gasteiger partial charge in [0.15, 0.2) is 0 Å². The molecule has 1 saturated heterocycles. The van der Waals surface area contributed by atoms with E-state index in [4.69, 9.17) is 16.6 Å². The molecule has 1 aliphatic rings. The van der Waals surface area contributed by atoms with E-state index in [0.29, 0.717) is 12.8 Å². The zero-order valence-corrected chi connectivity index (χ0v) is 12.6. The van der Waals surface area contributed by atoms with Crippen molar-refractivity contribution in [2.75, 3.05) is 13.2 Å². The van der Waals surface area contributed by atoms with Gasteiger partial charge in [0.25, 0.3) is 0 Å². The summed E-state index contributed by atoms with van der Waals surface area (Å²) in [6.45, 7) is -0.439. The lowest BCUT2D eigenvalue weighted by molar-refractivity contribution is -0.149. The minimum absolute atomic E-state index is 0.00890. The summed E-state index contributed by atoms with van der Waals surface area (Å²) >= 11 is 0. The molecule has 0 aromatic rings. The van der Waals surface area contributed by atoms with Gasteiger partial charge in [-0.2, -0.15) is 0 Å². The number of hydrogen-bond donors (Lipinski definition) is 5. The highest BCUT2D eigenvalue weighted by Crippen LogP contribution is 2.18. The Morgan fingerprint density at radius 3 is 2.48 bits per heavy atom. The van der Waals surface area contributed by atoms with Gasteiger partial charge in [0.2, 0.25) is 17.7 Å². The molecule has 7 N–H and O–H groups in total. The van der Waals surface area contributed by atoms with Crippen LogP contribution >= 0.6 is 0 Å². The van der Waals surface area contributed by atoms with E-state index in [-0.39, 0.29) is 19.4 Å². The van der Waals surface area contributed by atoms with Crippen LogP contribution in [-0.4, -0.2) is 70.1 Å². The molecule has 0 radical (unpaired) electrons. The molecule has 1 fully saturated rings. The Kier molecular flexibility index (Phi) is 6.91. The maximum Gasteiger partial charge on any atom is 0.326 e. The predicted octanol–water partition coefficient (Wildman–Crippen LogP) is -2.87. The number of likely N-dealkylation sites (tertiary alicyclic amines) is 1. The summed E-state index contributed by atoms with van der Waals surface area (Å²) in [6, 6.07) is -3.29. The van der Waals surface area contributed by atoms with Crippen molar-refractivity contribution in [2.24, 2.45) is 11.5 Å². The van der Waals surface area contributed by atoms with Gasteiger partial charge in [0, 0.05) is 13.0 Å². The minimum Gasteiger partial charge on any atom is -0.480 e. The zero-order chi connectivity index (χ0) is 17.6. The van der Waals surface area contributed by atoms with Crippen molar-refractivity contribution < 1.29 is 29.4 Å². The second-order valence-corrected chi connectivity index (χ2v) is 5.38. The SMILES string of the molecule is NC(=O)CC[C@H](N)C(=O)N[C@@H](CO)C(=O)N1CCC[C@@H]1C(=O)O. The molecule has 0 unspecified atom stereocenters. The van der Waals surface area contributed by atoms with E-state index >= 15 is 0 Å². The van der Waals surface area contributed by atoms with Crippen molar-refractivity contribution >= 4 is 23.7 Å². The first kappa shape index (κ1) is 18.8. The third-order valence-electron chi connectivity index (χ3n) is 3.66.